The molecule has 0 aliphatic rings. The molecule has 1 amide bonds. The van der Waals surface area contributed by atoms with E-state index < -0.39 is 0 Å². The molecule has 0 unspecified atom stereocenters. The number of amides is 1. The van der Waals surface area contributed by atoms with E-state index in [1.165, 1.54) is 0 Å². The molecule has 3 aromatic rings. The van der Waals surface area contributed by atoms with Crippen LogP contribution in [-0.4, -0.2) is 45.6 Å². The SMILES string of the molecule is CCN(CC)C(=O)Cc1c(-c2ccc(OC)cc2)nc2ccc(SF)nn12. The molecule has 8 heteroatoms. The minimum Gasteiger partial charge on any atom is -0.497 e. The van der Waals surface area contributed by atoms with Gasteiger partial charge in [0.2, 0.25) is 5.91 Å². The Labute approximate surface area is 161 Å². The minimum absolute atomic E-state index is 0.0170. The fourth-order valence-corrected chi connectivity index (χ4v) is 3.21. The number of hydrogen-bond donors (Lipinski definition) is 0. The van der Waals surface area contributed by atoms with Gasteiger partial charge in [-0.3, -0.25) is 4.79 Å². The molecule has 0 aliphatic heterocycles. The van der Waals surface area contributed by atoms with Crippen molar-refractivity contribution in [2.75, 3.05) is 20.2 Å². The minimum atomic E-state index is -0.0170. The van der Waals surface area contributed by atoms with Crippen LogP contribution in [0.1, 0.15) is 19.5 Å². The molecule has 0 radical (unpaired) electrons. The first-order chi connectivity index (χ1) is 13.1. The quantitative estimate of drug-likeness (QED) is 0.616. The Bertz CT molecular complexity index is 939. The zero-order valence-corrected chi connectivity index (χ0v) is 16.3. The highest BCUT2D eigenvalue weighted by molar-refractivity contribution is 7.94. The van der Waals surface area contributed by atoms with Gasteiger partial charge in [-0.2, -0.15) is 8.98 Å². The highest BCUT2D eigenvalue weighted by Crippen LogP contribution is 2.28. The topological polar surface area (TPSA) is 59.7 Å². The monoisotopic (exact) mass is 388 g/mol. The number of methoxy groups -OCH3 is 1. The first-order valence-electron chi connectivity index (χ1n) is 8.70. The zero-order valence-electron chi connectivity index (χ0n) is 15.5. The van der Waals surface area contributed by atoms with Gasteiger partial charge >= 0.3 is 0 Å². The molecule has 0 N–H and O–H groups in total. The summed E-state index contributed by atoms with van der Waals surface area (Å²) in [5.74, 6) is 0.717. The average molecular weight is 388 g/mol. The molecule has 0 saturated heterocycles. The van der Waals surface area contributed by atoms with Crippen molar-refractivity contribution < 1.29 is 13.4 Å². The Kier molecular flexibility index (Phi) is 5.95. The number of carbonyl (C=O) groups is 1. The molecule has 27 heavy (non-hydrogen) atoms. The van der Waals surface area contributed by atoms with Crippen LogP contribution >= 0.6 is 12.1 Å². The third-order valence-electron chi connectivity index (χ3n) is 4.42. The summed E-state index contributed by atoms with van der Waals surface area (Å²) < 4.78 is 19.8. The van der Waals surface area contributed by atoms with E-state index in [0.29, 0.717) is 30.1 Å². The van der Waals surface area contributed by atoms with E-state index in [0.717, 1.165) is 11.3 Å². The van der Waals surface area contributed by atoms with Crippen molar-refractivity contribution >= 4 is 23.7 Å². The third kappa shape index (κ3) is 3.90. The van der Waals surface area contributed by atoms with Gasteiger partial charge in [0.05, 0.1) is 24.9 Å². The van der Waals surface area contributed by atoms with Crippen LogP contribution in [0.5, 0.6) is 5.75 Å². The maximum Gasteiger partial charge on any atom is 0.228 e. The van der Waals surface area contributed by atoms with Crippen molar-refractivity contribution in [3.05, 3.63) is 42.1 Å². The van der Waals surface area contributed by atoms with Gasteiger partial charge in [-0.1, -0.05) is 0 Å². The van der Waals surface area contributed by atoms with Crippen LogP contribution in [0.25, 0.3) is 16.9 Å². The fourth-order valence-electron chi connectivity index (χ4n) is 2.97. The first-order valence-corrected chi connectivity index (χ1v) is 9.42. The maximum atomic E-state index is 13.0. The number of likely N-dealkylation sites (N-methyl/N-ethyl adjacent to an activating group) is 1. The van der Waals surface area contributed by atoms with E-state index >= 15 is 0 Å². The molecule has 6 nitrogen and oxygen atoms in total. The van der Waals surface area contributed by atoms with Crippen LogP contribution in [0, 0.1) is 0 Å². The molecule has 142 valence electrons. The highest BCUT2D eigenvalue weighted by atomic mass is 32.2. The molecular formula is C19H21FN4O2S. The number of hydrogen-bond acceptors (Lipinski definition) is 5. The number of carbonyl (C=O) groups excluding carboxylic acids is 1. The second-order valence-electron chi connectivity index (χ2n) is 5.90. The zero-order chi connectivity index (χ0) is 19.4. The molecule has 0 spiro atoms. The molecule has 3 rings (SSSR count). The second kappa shape index (κ2) is 8.39. The van der Waals surface area contributed by atoms with E-state index in [4.69, 9.17) is 4.74 Å². The van der Waals surface area contributed by atoms with Crippen molar-refractivity contribution in [2.45, 2.75) is 25.3 Å². The van der Waals surface area contributed by atoms with Crippen LogP contribution in [-0.2, 0) is 11.2 Å². The Morgan fingerprint density at radius 2 is 1.89 bits per heavy atom. The second-order valence-corrected chi connectivity index (χ2v) is 6.47. The normalized spacial score (nSPS) is 11.0. The molecule has 1 aromatic carbocycles. The summed E-state index contributed by atoms with van der Waals surface area (Å²) in [6.45, 7) is 5.14. The largest absolute Gasteiger partial charge is 0.497 e. The van der Waals surface area contributed by atoms with E-state index in [1.807, 2.05) is 38.1 Å². The number of aromatic nitrogens is 3. The number of fused-ring (bicyclic) bond motifs is 1. The van der Waals surface area contributed by atoms with Gasteiger partial charge < -0.3 is 9.64 Å². The van der Waals surface area contributed by atoms with Gasteiger partial charge in [-0.05, 0) is 50.2 Å². The van der Waals surface area contributed by atoms with Crippen molar-refractivity contribution in [3.63, 3.8) is 0 Å². The smallest absolute Gasteiger partial charge is 0.228 e. The Morgan fingerprint density at radius 3 is 2.48 bits per heavy atom. The number of rotatable bonds is 7. The van der Waals surface area contributed by atoms with E-state index in [-0.39, 0.29) is 29.5 Å². The van der Waals surface area contributed by atoms with Crippen LogP contribution in [0.3, 0.4) is 0 Å². The van der Waals surface area contributed by atoms with Crippen LogP contribution in [0.4, 0.5) is 3.89 Å². The standard InChI is InChI=1S/C19H21FN4O2S/c1-4-23(5-2)18(25)12-15-19(13-6-8-14(26-3)9-7-13)21-16-10-11-17(27-20)22-24(15)16/h6-11H,4-5,12H2,1-3H3. The molecule has 0 fully saturated rings. The van der Waals surface area contributed by atoms with Gasteiger partial charge in [0, 0.05) is 18.7 Å². The van der Waals surface area contributed by atoms with E-state index in [1.54, 1.807) is 28.7 Å². The number of imidazole rings is 1. The van der Waals surface area contributed by atoms with Crippen molar-refractivity contribution in [1.82, 2.24) is 19.5 Å². The molecule has 2 heterocycles. The summed E-state index contributed by atoms with van der Waals surface area (Å²) in [6.07, 6.45) is 0.137. The third-order valence-corrected chi connectivity index (χ3v) is 4.80. The van der Waals surface area contributed by atoms with Crippen molar-refractivity contribution in [3.8, 4) is 17.0 Å². The molecule has 0 saturated carbocycles. The summed E-state index contributed by atoms with van der Waals surface area (Å²) in [4.78, 5) is 19.1. The van der Waals surface area contributed by atoms with Crippen LogP contribution < -0.4 is 4.74 Å². The lowest BCUT2D eigenvalue weighted by Gasteiger charge is -2.18. The van der Waals surface area contributed by atoms with Gasteiger partial charge in [-0.25, -0.2) is 9.50 Å². The number of benzene rings is 1. The molecule has 2 aromatic heterocycles. The van der Waals surface area contributed by atoms with Gasteiger partial charge in [-0.15, -0.1) is 0 Å². The highest BCUT2D eigenvalue weighted by Gasteiger charge is 2.21. The van der Waals surface area contributed by atoms with E-state index in [9.17, 15) is 8.68 Å². The predicted octanol–water partition coefficient (Wildman–Crippen LogP) is 3.79. The number of ether oxygens (including phenoxy) is 1. The summed E-state index contributed by atoms with van der Waals surface area (Å²) in [6, 6.07) is 10.7. The Balaban J connectivity index is 2.12. The lowest BCUT2D eigenvalue weighted by atomic mass is 10.1. The predicted molar refractivity (Wildman–Crippen MR) is 104 cm³/mol. The van der Waals surface area contributed by atoms with Gasteiger partial charge in [0.25, 0.3) is 0 Å². The van der Waals surface area contributed by atoms with Crippen molar-refractivity contribution in [1.29, 1.82) is 0 Å². The summed E-state index contributed by atoms with van der Waals surface area (Å²) in [7, 11) is 1.61. The van der Waals surface area contributed by atoms with Crippen LogP contribution in [0.15, 0.2) is 41.4 Å². The summed E-state index contributed by atoms with van der Waals surface area (Å²) in [5, 5.41) is 4.50. The van der Waals surface area contributed by atoms with Crippen molar-refractivity contribution in [2.24, 2.45) is 0 Å². The molecular weight excluding hydrogens is 367 g/mol. The fraction of sp³-hybridized carbons (Fsp3) is 0.316. The Morgan fingerprint density at radius 1 is 1.19 bits per heavy atom. The van der Waals surface area contributed by atoms with Crippen LogP contribution in [0.2, 0.25) is 0 Å². The summed E-state index contributed by atoms with van der Waals surface area (Å²) in [5.41, 5.74) is 2.72. The maximum absolute atomic E-state index is 13.0. The van der Waals surface area contributed by atoms with Gasteiger partial charge in [0.1, 0.15) is 22.9 Å². The Hall–Kier alpha value is -2.61. The average Bonchev–Trinajstić information content (AvgIpc) is 3.06. The molecule has 0 bridgehead atoms. The molecule has 0 aliphatic carbocycles. The number of halogens is 1. The molecule has 0 atom stereocenters. The lowest BCUT2D eigenvalue weighted by Crippen LogP contribution is -2.32. The number of nitrogens with zero attached hydrogens (tertiary/aromatic N) is 4. The summed E-state index contributed by atoms with van der Waals surface area (Å²) >= 11 is 0.0649. The lowest BCUT2D eigenvalue weighted by molar-refractivity contribution is -0.130. The van der Waals surface area contributed by atoms with E-state index in [2.05, 4.69) is 10.1 Å². The van der Waals surface area contributed by atoms with Gasteiger partial charge in [0.15, 0.2) is 5.65 Å². The first kappa shape index (κ1) is 19.2.